The molecule has 0 atom stereocenters. The van der Waals surface area contributed by atoms with Gasteiger partial charge in [0.1, 0.15) is 5.69 Å². The number of nitro benzene ring substituents is 1. The highest BCUT2D eigenvalue weighted by Crippen LogP contribution is 2.27. The van der Waals surface area contributed by atoms with Gasteiger partial charge in [-0.1, -0.05) is 0 Å². The third-order valence-electron chi connectivity index (χ3n) is 1.63. The minimum absolute atomic E-state index is 0.0967. The first-order valence-electron chi connectivity index (χ1n) is 3.50. The molecule has 0 spiro atoms. The van der Waals surface area contributed by atoms with Crippen LogP contribution in [0.5, 0.6) is 0 Å². The zero-order valence-electron chi connectivity index (χ0n) is 6.93. The Bertz CT molecular complexity index is 380. The van der Waals surface area contributed by atoms with E-state index in [0.717, 1.165) is 12.1 Å². The molecule has 5 N–H and O–H groups in total. The van der Waals surface area contributed by atoms with Gasteiger partial charge < -0.3 is 16.6 Å². The Morgan fingerprint density at radius 1 is 1.36 bits per heavy atom. The van der Waals surface area contributed by atoms with Crippen LogP contribution in [0.1, 0.15) is 10.4 Å². The quantitative estimate of drug-likeness (QED) is 0.358. The van der Waals surface area contributed by atoms with Crippen LogP contribution in [-0.4, -0.2) is 16.0 Å². The van der Waals surface area contributed by atoms with E-state index in [2.05, 4.69) is 0 Å². The molecule has 0 unspecified atom stereocenters. The molecule has 0 aliphatic carbocycles. The third kappa shape index (κ3) is 1.56. The average molecular weight is 197 g/mol. The predicted molar refractivity (Wildman–Crippen MR) is 48.9 cm³/mol. The summed E-state index contributed by atoms with van der Waals surface area (Å²) < 4.78 is 0. The molecule has 0 aliphatic heterocycles. The van der Waals surface area contributed by atoms with Crippen LogP contribution in [0.15, 0.2) is 12.1 Å². The summed E-state index contributed by atoms with van der Waals surface area (Å²) in [7, 11) is 0. The van der Waals surface area contributed by atoms with Gasteiger partial charge in [0, 0.05) is 11.8 Å². The molecule has 0 aromatic heterocycles. The second-order valence-electron chi connectivity index (χ2n) is 2.56. The van der Waals surface area contributed by atoms with Crippen molar-refractivity contribution in [2.24, 2.45) is 0 Å². The van der Waals surface area contributed by atoms with Crippen LogP contribution in [-0.2, 0) is 0 Å². The van der Waals surface area contributed by atoms with Gasteiger partial charge in [0.25, 0.3) is 5.69 Å². The summed E-state index contributed by atoms with van der Waals surface area (Å²) >= 11 is 0. The first kappa shape index (κ1) is 9.78. The molecule has 0 saturated carbocycles. The number of aromatic carboxylic acids is 1. The number of nitrogens with zero attached hydrogens (tertiary/aromatic N) is 1. The zero-order chi connectivity index (χ0) is 10.9. The first-order valence-corrected chi connectivity index (χ1v) is 3.50. The number of nitrogen functional groups attached to an aromatic ring is 2. The smallest absolute Gasteiger partial charge is 0.338 e. The fraction of sp³-hybridized carbons (Fsp3) is 0. The number of benzene rings is 1. The Labute approximate surface area is 78.1 Å². The van der Waals surface area contributed by atoms with Crippen LogP contribution >= 0.6 is 0 Å². The van der Waals surface area contributed by atoms with E-state index in [9.17, 15) is 14.9 Å². The molecule has 0 bridgehead atoms. The molecule has 1 rings (SSSR count). The number of carboxylic acid groups (broad SMARTS) is 1. The van der Waals surface area contributed by atoms with Gasteiger partial charge in [-0.15, -0.1) is 0 Å². The Hall–Kier alpha value is -2.31. The van der Waals surface area contributed by atoms with Crippen molar-refractivity contribution in [2.75, 3.05) is 11.5 Å². The number of hydrogen-bond donors (Lipinski definition) is 3. The van der Waals surface area contributed by atoms with E-state index in [4.69, 9.17) is 16.6 Å². The lowest BCUT2D eigenvalue weighted by Crippen LogP contribution is -2.05. The molecule has 1 aromatic carbocycles. The van der Waals surface area contributed by atoms with Gasteiger partial charge in [-0.3, -0.25) is 10.1 Å². The van der Waals surface area contributed by atoms with Crippen molar-refractivity contribution < 1.29 is 14.8 Å². The Morgan fingerprint density at radius 3 is 2.36 bits per heavy atom. The number of anilines is 2. The SMILES string of the molecule is Nc1cc(N)c([N+](=O)[O-])cc1C(=O)O. The number of carbonyl (C=O) groups is 1. The van der Waals surface area contributed by atoms with Gasteiger partial charge in [0.05, 0.1) is 10.5 Å². The highest BCUT2D eigenvalue weighted by Gasteiger charge is 2.18. The van der Waals surface area contributed by atoms with Gasteiger partial charge in [0.15, 0.2) is 0 Å². The van der Waals surface area contributed by atoms with Gasteiger partial charge >= 0.3 is 5.97 Å². The second kappa shape index (κ2) is 3.21. The molecule has 7 nitrogen and oxygen atoms in total. The standard InChI is InChI=1S/C7H7N3O4/c8-4-2-5(9)6(10(13)14)1-3(4)7(11)12/h1-2H,8-9H2,(H,11,12). The molecule has 0 amide bonds. The Morgan fingerprint density at radius 2 is 1.93 bits per heavy atom. The molecule has 0 radical (unpaired) electrons. The molecule has 7 heteroatoms. The lowest BCUT2D eigenvalue weighted by atomic mass is 10.1. The predicted octanol–water partition coefficient (Wildman–Crippen LogP) is 0.457. The van der Waals surface area contributed by atoms with Crippen LogP contribution in [0.4, 0.5) is 17.1 Å². The van der Waals surface area contributed by atoms with Crippen molar-refractivity contribution in [1.29, 1.82) is 0 Å². The van der Waals surface area contributed by atoms with Crippen LogP contribution < -0.4 is 11.5 Å². The van der Waals surface area contributed by atoms with Crippen molar-refractivity contribution in [3.05, 3.63) is 27.8 Å². The van der Waals surface area contributed by atoms with E-state index in [-0.39, 0.29) is 16.9 Å². The summed E-state index contributed by atoms with van der Waals surface area (Å²) in [6, 6.07) is 1.90. The fourth-order valence-corrected chi connectivity index (χ4v) is 0.966. The molecular weight excluding hydrogens is 190 g/mol. The van der Waals surface area contributed by atoms with E-state index >= 15 is 0 Å². The summed E-state index contributed by atoms with van der Waals surface area (Å²) in [4.78, 5) is 20.2. The molecule has 0 saturated heterocycles. The fourth-order valence-electron chi connectivity index (χ4n) is 0.966. The summed E-state index contributed by atoms with van der Waals surface area (Å²) in [5, 5.41) is 19.0. The molecule has 0 aliphatic rings. The molecular formula is C7H7N3O4. The van der Waals surface area contributed by atoms with Gasteiger partial charge in [-0.05, 0) is 6.07 Å². The van der Waals surface area contributed by atoms with Crippen LogP contribution in [0.3, 0.4) is 0 Å². The maximum Gasteiger partial charge on any atom is 0.338 e. The van der Waals surface area contributed by atoms with Crippen molar-refractivity contribution >= 4 is 23.0 Å². The van der Waals surface area contributed by atoms with Crippen molar-refractivity contribution in [1.82, 2.24) is 0 Å². The van der Waals surface area contributed by atoms with Crippen LogP contribution in [0, 0.1) is 10.1 Å². The summed E-state index contributed by atoms with van der Waals surface area (Å²) in [5.41, 5.74) is 9.54. The van der Waals surface area contributed by atoms with E-state index in [0.29, 0.717) is 0 Å². The summed E-state index contributed by atoms with van der Waals surface area (Å²) in [6.45, 7) is 0. The molecule has 0 fully saturated rings. The minimum Gasteiger partial charge on any atom is -0.478 e. The molecule has 1 aromatic rings. The maximum absolute atomic E-state index is 10.6. The average Bonchev–Trinajstić information content (AvgIpc) is 2.02. The lowest BCUT2D eigenvalue weighted by molar-refractivity contribution is -0.383. The lowest BCUT2D eigenvalue weighted by Gasteiger charge is -2.02. The van der Waals surface area contributed by atoms with Crippen molar-refractivity contribution in [2.45, 2.75) is 0 Å². The molecule has 74 valence electrons. The van der Waals surface area contributed by atoms with E-state index in [1.165, 1.54) is 0 Å². The topological polar surface area (TPSA) is 132 Å². The zero-order valence-corrected chi connectivity index (χ0v) is 6.93. The van der Waals surface area contributed by atoms with Crippen LogP contribution in [0.2, 0.25) is 0 Å². The highest BCUT2D eigenvalue weighted by molar-refractivity contribution is 5.96. The monoisotopic (exact) mass is 197 g/mol. The minimum atomic E-state index is -1.33. The van der Waals surface area contributed by atoms with Gasteiger partial charge in [-0.25, -0.2) is 4.79 Å². The Balaban J connectivity index is 3.42. The largest absolute Gasteiger partial charge is 0.478 e. The van der Waals surface area contributed by atoms with Crippen LogP contribution in [0.25, 0.3) is 0 Å². The molecule has 14 heavy (non-hydrogen) atoms. The van der Waals surface area contributed by atoms with E-state index < -0.39 is 16.6 Å². The molecule has 0 heterocycles. The number of nitrogens with two attached hydrogens (primary N) is 2. The van der Waals surface area contributed by atoms with Crippen molar-refractivity contribution in [3.63, 3.8) is 0 Å². The van der Waals surface area contributed by atoms with E-state index in [1.54, 1.807) is 0 Å². The van der Waals surface area contributed by atoms with Crippen molar-refractivity contribution in [3.8, 4) is 0 Å². The van der Waals surface area contributed by atoms with Gasteiger partial charge in [-0.2, -0.15) is 0 Å². The first-order chi connectivity index (χ1) is 6.43. The number of hydrogen-bond acceptors (Lipinski definition) is 5. The summed E-state index contributed by atoms with van der Waals surface area (Å²) in [6.07, 6.45) is 0. The number of carboxylic acids is 1. The Kier molecular flexibility index (Phi) is 2.24. The normalized spacial score (nSPS) is 9.71. The number of rotatable bonds is 2. The third-order valence-corrected chi connectivity index (χ3v) is 1.63. The second-order valence-corrected chi connectivity index (χ2v) is 2.56. The van der Waals surface area contributed by atoms with E-state index in [1.807, 2.05) is 0 Å². The maximum atomic E-state index is 10.6. The number of nitro groups is 1. The highest BCUT2D eigenvalue weighted by atomic mass is 16.6. The van der Waals surface area contributed by atoms with Gasteiger partial charge in [0.2, 0.25) is 0 Å². The summed E-state index contributed by atoms with van der Waals surface area (Å²) in [5.74, 6) is -1.33.